The smallest absolute Gasteiger partial charge is 0.287 e. The highest BCUT2D eigenvalue weighted by Gasteiger charge is 2.58. The van der Waals surface area contributed by atoms with Crippen LogP contribution in [-0.4, -0.2) is 58.1 Å². The molecule has 0 aromatic carbocycles. The van der Waals surface area contributed by atoms with E-state index in [-0.39, 0.29) is 57.4 Å². The lowest BCUT2D eigenvalue weighted by atomic mass is 9.57. The Morgan fingerprint density at radius 3 is 2.50 bits per heavy atom. The monoisotopic (exact) mass is 556 g/mol. The fourth-order valence-corrected chi connectivity index (χ4v) is 9.39. The minimum Gasteiger partial charge on any atom is -0.338 e. The lowest BCUT2D eigenvalue weighted by Crippen LogP contribution is -2.66. The van der Waals surface area contributed by atoms with Crippen molar-refractivity contribution in [3.05, 3.63) is 10.9 Å². The number of fused-ring (bicyclic) bond motifs is 3. The van der Waals surface area contributed by atoms with E-state index in [0.29, 0.717) is 18.4 Å². The Hall–Kier alpha value is -1.83. The minimum atomic E-state index is -4.25. The maximum atomic E-state index is 13.8. The predicted octanol–water partition coefficient (Wildman–Crippen LogP) is 2.19. The number of likely N-dealkylation sites (tertiary alicyclic amines) is 1. The van der Waals surface area contributed by atoms with Crippen LogP contribution in [-0.2, 0) is 36.2 Å². The third-order valence-electron chi connectivity index (χ3n) is 7.96. The number of piperidine rings is 1. The largest absolute Gasteiger partial charge is 0.338 e. The van der Waals surface area contributed by atoms with E-state index in [1.54, 1.807) is 5.38 Å². The van der Waals surface area contributed by atoms with Crippen LogP contribution in [0.3, 0.4) is 0 Å². The zero-order valence-corrected chi connectivity index (χ0v) is 23.0. The van der Waals surface area contributed by atoms with Crippen molar-refractivity contribution in [3.63, 3.8) is 0 Å². The van der Waals surface area contributed by atoms with Crippen LogP contribution in [0.25, 0.3) is 0 Å². The molecule has 3 aliphatic carbocycles. The number of nitrogens with zero attached hydrogens (tertiary/aromatic N) is 2. The predicted molar refractivity (Wildman–Crippen MR) is 137 cm³/mol. The van der Waals surface area contributed by atoms with Gasteiger partial charge in [0.15, 0.2) is 11.7 Å². The van der Waals surface area contributed by atoms with Gasteiger partial charge in [-0.15, -0.1) is 15.7 Å². The first kappa shape index (κ1) is 25.8. The molecule has 3 saturated carbocycles. The summed E-state index contributed by atoms with van der Waals surface area (Å²) < 4.78 is 55.7. The molecule has 5 aliphatic rings. The fourth-order valence-electron chi connectivity index (χ4n) is 6.32. The first-order valence-corrected chi connectivity index (χ1v) is 16.6. The highest BCUT2D eigenvalue weighted by molar-refractivity contribution is 7.91. The average Bonchev–Trinajstić information content (AvgIpc) is 3.21. The van der Waals surface area contributed by atoms with Gasteiger partial charge in [-0.2, -0.15) is 8.42 Å². The van der Waals surface area contributed by atoms with Crippen molar-refractivity contribution in [1.82, 2.24) is 9.62 Å². The molecular formula is C23H32N4O6S3. The van der Waals surface area contributed by atoms with Gasteiger partial charge in [-0.05, 0) is 55.2 Å². The van der Waals surface area contributed by atoms with Crippen molar-refractivity contribution in [2.24, 2.45) is 34.0 Å². The van der Waals surface area contributed by atoms with Gasteiger partial charge in [0.05, 0.1) is 6.26 Å². The van der Waals surface area contributed by atoms with Gasteiger partial charge in [0, 0.05) is 30.6 Å². The van der Waals surface area contributed by atoms with Crippen LogP contribution in [0.15, 0.2) is 14.7 Å². The van der Waals surface area contributed by atoms with Gasteiger partial charge in [0.2, 0.25) is 15.9 Å². The van der Waals surface area contributed by atoms with E-state index in [0.717, 1.165) is 49.7 Å². The second-order valence-electron chi connectivity index (χ2n) is 10.8. The fraction of sp³-hybridized carbons (Fsp3) is 0.696. The van der Waals surface area contributed by atoms with Crippen molar-refractivity contribution in [2.75, 3.05) is 18.1 Å². The Morgan fingerprint density at radius 2 is 1.86 bits per heavy atom. The van der Waals surface area contributed by atoms with E-state index >= 15 is 0 Å². The van der Waals surface area contributed by atoms with Crippen LogP contribution >= 0.6 is 11.3 Å². The summed E-state index contributed by atoms with van der Waals surface area (Å²) in [7, 11) is -7.78. The van der Waals surface area contributed by atoms with Crippen LogP contribution in [0, 0.1) is 29.6 Å². The Bertz CT molecular complexity index is 1330. The van der Waals surface area contributed by atoms with Crippen molar-refractivity contribution < 1.29 is 26.4 Å². The molecule has 1 aromatic heterocycles. The molecule has 3 atom stereocenters. The van der Waals surface area contributed by atoms with Gasteiger partial charge in [0.1, 0.15) is 15.7 Å². The van der Waals surface area contributed by atoms with Gasteiger partial charge < -0.3 is 10.2 Å². The summed E-state index contributed by atoms with van der Waals surface area (Å²) in [6.07, 6.45) is 5.75. The zero-order valence-electron chi connectivity index (χ0n) is 20.6. The highest BCUT2D eigenvalue weighted by atomic mass is 32.2. The van der Waals surface area contributed by atoms with Crippen LogP contribution in [0.2, 0.25) is 0 Å². The number of anilines is 1. The number of Topliss-reactive ketones (excluding diaryl/α,β-unsaturated/α-hetero) is 1. The van der Waals surface area contributed by atoms with Crippen molar-refractivity contribution >= 4 is 53.9 Å². The van der Waals surface area contributed by atoms with E-state index in [4.69, 9.17) is 0 Å². The molecule has 0 radical (unpaired) electrons. The van der Waals surface area contributed by atoms with Crippen molar-refractivity contribution in [2.45, 2.75) is 63.4 Å². The molecule has 10 nitrogen and oxygen atoms in total. The molecule has 2 bridgehead atoms. The maximum Gasteiger partial charge on any atom is 0.287 e. The Morgan fingerprint density at radius 1 is 1.19 bits per heavy atom. The number of carbonyl (C=O) groups is 2. The lowest BCUT2D eigenvalue weighted by molar-refractivity contribution is -0.161. The van der Waals surface area contributed by atoms with Gasteiger partial charge in [0.25, 0.3) is 10.0 Å². The maximum absolute atomic E-state index is 13.8. The van der Waals surface area contributed by atoms with E-state index in [1.165, 1.54) is 0 Å². The number of hydrogen-bond donors (Lipinski definition) is 2. The summed E-state index contributed by atoms with van der Waals surface area (Å²) in [5.74, 6) is -1.41. The summed E-state index contributed by atoms with van der Waals surface area (Å²) in [6.45, 7) is 4.52. The summed E-state index contributed by atoms with van der Waals surface area (Å²) in [4.78, 5) is 29.4. The van der Waals surface area contributed by atoms with E-state index in [9.17, 15) is 26.4 Å². The number of thiophene rings is 1. The van der Waals surface area contributed by atoms with Gasteiger partial charge in [-0.1, -0.05) is 13.8 Å². The first-order chi connectivity index (χ1) is 16.9. The molecule has 1 aromatic rings. The van der Waals surface area contributed by atoms with Crippen LogP contribution < -0.4 is 10.0 Å². The topological polar surface area (TPSA) is 142 Å². The number of carbonyl (C=O) groups excluding carboxylic acids is 2. The SMILES string of the molecule is CC(C)CCN1C(=O)C(C2=NS(=O)(=O)c3c(CNS(C)(=O)=O)csc3N2)C(=O)C2C3CCC(CC3)C21. The number of hydrogen-bond acceptors (Lipinski definition) is 8. The molecule has 198 valence electrons. The number of rotatable bonds is 7. The van der Waals surface area contributed by atoms with Crippen molar-refractivity contribution in [1.29, 1.82) is 0 Å². The molecule has 3 unspecified atom stereocenters. The summed E-state index contributed by atoms with van der Waals surface area (Å²) in [6, 6.07) is -0.112. The molecule has 2 aliphatic heterocycles. The van der Waals surface area contributed by atoms with Crippen LogP contribution in [0.4, 0.5) is 5.00 Å². The normalized spacial score (nSPS) is 31.2. The summed E-state index contributed by atoms with van der Waals surface area (Å²) in [5, 5.41) is 4.76. The van der Waals surface area contributed by atoms with Crippen molar-refractivity contribution in [3.8, 4) is 0 Å². The highest BCUT2D eigenvalue weighted by Crippen LogP contribution is 2.51. The standard InChI is InChI=1S/C23H32N4O6S3/c1-12(2)8-9-27-18-14-6-4-13(5-7-14)16(18)19(28)17(23(27)29)21-25-22-20(36(32,33)26-21)15(11-34-22)10-24-35(3,30)31/h11-14,16-18,24H,4-10H2,1-3H3,(H,25,26). The number of ketones is 1. The van der Waals surface area contributed by atoms with Gasteiger partial charge in [-0.25, -0.2) is 13.1 Å². The molecule has 4 fully saturated rings. The van der Waals surface area contributed by atoms with E-state index < -0.39 is 26.0 Å². The van der Waals surface area contributed by atoms with E-state index in [1.807, 2.05) is 4.90 Å². The number of nitrogens with one attached hydrogen (secondary N) is 2. The first-order valence-electron chi connectivity index (χ1n) is 12.4. The zero-order chi connectivity index (χ0) is 26.0. The molecule has 6 rings (SSSR count). The second kappa shape index (κ2) is 9.17. The Kier molecular flexibility index (Phi) is 6.58. The summed E-state index contributed by atoms with van der Waals surface area (Å²) >= 11 is 1.08. The summed E-state index contributed by atoms with van der Waals surface area (Å²) in [5.41, 5.74) is 0.264. The third kappa shape index (κ3) is 4.52. The molecule has 1 saturated heterocycles. The van der Waals surface area contributed by atoms with Crippen LogP contribution in [0.5, 0.6) is 0 Å². The quantitative estimate of drug-likeness (QED) is 0.490. The number of amidine groups is 1. The minimum absolute atomic E-state index is 0.112. The third-order valence-corrected chi connectivity index (χ3v) is 11.1. The Labute approximate surface area is 216 Å². The van der Waals surface area contributed by atoms with E-state index in [2.05, 4.69) is 28.3 Å². The number of sulfonamides is 2. The molecule has 36 heavy (non-hydrogen) atoms. The van der Waals surface area contributed by atoms with Gasteiger partial charge >= 0.3 is 0 Å². The lowest BCUT2D eigenvalue weighted by Gasteiger charge is -2.55. The van der Waals surface area contributed by atoms with Crippen LogP contribution in [0.1, 0.15) is 51.5 Å². The molecule has 0 spiro atoms. The average molecular weight is 557 g/mol. The second-order valence-corrected chi connectivity index (χ2v) is 15.1. The molecular weight excluding hydrogens is 524 g/mol. The Balaban J connectivity index is 1.49. The van der Waals surface area contributed by atoms with Gasteiger partial charge in [-0.3, -0.25) is 9.59 Å². The molecule has 3 heterocycles. The molecule has 1 amide bonds. The molecule has 13 heteroatoms. The molecule has 2 N–H and O–H groups in total. The number of amides is 1.